The van der Waals surface area contributed by atoms with Gasteiger partial charge in [-0.05, 0) is 59.4 Å². The van der Waals surface area contributed by atoms with Crippen LogP contribution in [0.2, 0.25) is 0 Å². The Kier molecular flexibility index (Phi) is 11.2. The molecule has 1 aliphatic rings. The average molecular weight is 653 g/mol. The molecule has 48 heavy (non-hydrogen) atoms. The molecule has 0 aliphatic heterocycles. The Bertz CT molecular complexity index is 1530. The number of rotatable bonds is 16. The highest BCUT2D eigenvalue weighted by molar-refractivity contribution is 5.99. The summed E-state index contributed by atoms with van der Waals surface area (Å²) in [7, 11) is 0. The number of aliphatic carboxylic acids is 2. The number of aromatic nitrogens is 2. The predicted molar refractivity (Wildman–Crippen MR) is 181 cm³/mol. The molecule has 0 unspecified atom stereocenters. The number of benzene rings is 2. The summed E-state index contributed by atoms with van der Waals surface area (Å²) in [6.07, 6.45) is 9.14. The standard InChI is InChI=1S/C38H44N4O6/c1-3-17-41(25-29-13-9-27(10-14-29)23-39-19-5-6-20-39)35(43)31-33(37(45)46)32(34(31)38(47)48)36(44)42(18-4-2)26-30-15-11-28(12-16-30)24-40-21-7-8-22-40/h5-16,19-22,31-34H,3-4,17-18,23-26H2,1-2H3,(H,45,46)(H,47,48)/t31-,32-,33-,34+. The van der Waals surface area contributed by atoms with Crippen molar-refractivity contribution in [1.82, 2.24) is 18.9 Å². The van der Waals surface area contributed by atoms with Gasteiger partial charge in [0.25, 0.3) is 0 Å². The number of nitrogens with zero attached hydrogens (tertiary/aromatic N) is 4. The summed E-state index contributed by atoms with van der Waals surface area (Å²) in [6.45, 7) is 6.33. The van der Waals surface area contributed by atoms with Gasteiger partial charge in [0.05, 0.1) is 23.7 Å². The fourth-order valence-electron chi connectivity index (χ4n) is 6.79. The molecule has 0 spiro atoms. The molecule has 2 aromatic heterocycles. The van der Waals surface area contributed by atoms with Gasteiger partial charge in [0.1, 0.15) is 0 Å². The zero-order valence-electron chi connectivity index (χ0n) is 27.5. The SMILES string of the molecule is CCCN(Cc1ccc(Cn2cccc2)cc1)C(=O)[C@H]1[C@H](C(=O)O)[C@H](C(=O)N(CCC)Cc2ccc(Cn3cccc3)cc2)[C@@H]1C(=O)O. The number of carboxylic acids is 2. The Morgan fingerprint density at radius 3 is 1.15 bits per heavy atom. The lowest BCUT2D eigenvalue weighted by Gasteiger charge is -2.48. The molecular formula is C38H44N4O6. The molecule has 2 aromatic carbocycles. The van der Waals surface area contributed by atoms with E-state index in [-0.39, 0.29) is 13.1 Å². The first-order chi connectivity index (χ1) is 23.2. The van der Waals surface area contributed by atoms with E-state index in [0.29, 0.717) is 39.0 Å². The highest BCUT2D eigenvalue weighted by Crippen LogP contribution is 2.49. The highest BCUT2D eigenvalue weighted by Gasteiger charge is 2.64. The largest absolute Gasteiger partial charge is 0.481 e. The number of hydrogen-bond acceptors (Lipinski definition) is 4. The van der Waals surface area contributed by atoms with E-state index in [1.165, 1.54) is 9.80 Å². The minimum atomic E-state index is -1.43. The second kappa shape index (κ2) is 15.6. The zero-order chi connectivity index (χ0) is 34.2. The van der Waals surface area contributed by atoms with Crippen molar-refractivity contribution in [3.05, 3.63) is 120 Å². The molecule has 2 N–H and O–H groups in total. The molecule has 1 fully saturated rings. The summed E-state index contributed by atoms with van der Waals surface area (Å²) in [5.41, 5.74) is 3.88. The van der Waals surface area contributed by atoms with Crippen molar-refractivity contribution in [3.8, 4) is 0 Å². The Morgan fingerprint density at radius 2 is 0.854 bits per heavy atom. The molecule has 10 heteroatoms. The quantitative estimate of drug-likeness (QED) is 0.171. The van der Waals surface area contributed by atoms with Crippen LogP contribution in [0.4, 0.5) is 0 Å². The van der Waals surface area contributed by atoms with Gasteiger partial charge in [0.2, 0.25) is 11.8 Å². The van der Waals surface area contributed by atoms with E-state index in [0.717, 1.165) is 22.3 Å². The first-order valence-corrected chi connectivity index (χ1v) is 16.6. The molecule has 2 amide bonds. The molecule has 5 rings (SSSR count). The van der Waals surface area contributed by atoms with Crippen LogP contribution in [0.25, 0.3) is 0 Å². The van der Waals surface area contributed by atoms with Crippen LogP contribution in [-0.4, -0.2) is 66.0 Å². The Morgan fingerprint density at radius 1 is 0.542 bits per heavy atom. The second-order valence-corrected chi connectivity index (χ2v) is 12.6. The van der Waals surface area contributed by atoms with E-state index in [2.05, 4.69) is 9.13 Å². The van der Waals surface area contributed by atoms with Gasteiger partial charge >= 0.3 is 11.9 Å². The summed E-state index contributed by atoms with van der Waals surface area (Å²) in [5.74, 6) is -9.30. The van der Waals surface area contributed by atoms with Crippen molar-refractivity contribution in [2.45, 2.75) is 52.9 Å². The van der Waals surface area contributed by atoms with Crippen LogP contribution in [0.5, 0.6) is 0 Å². The van der Waals surface area contributed by atoms with Crippen molar-refractivity contribution in [2.24, 2.45) is 23.7 Å². The summed E-state index contributed by atoms with van der Waals surface area (Å²) in [5, 5.41) is 20.6. The van der Waals surface area contributed by atoms with Crippen LogP contribution >= 0.6 is 0 Å². The van der Waals surface area contributed by atoms with E-state index in [1.54, 1.807) is 0 Å². The number of hydrogen-bond donors (Lipinski definition) is 2. The van der Waals surface area contributed by atoms with Crippen LogP contribution < -0.4 is 0 Å². The normalized spacial score (nSPS) is 18.5. The molecule has 0 saturated heterocycles. The first kappa shape index (κ1) is 34.2. The maximum Gasteiger partial charge on any atom is 0.308 e. The Balaban J connectivity index is 1.31. The second-order valence-electron chi connectivity index (χ2n) is 12.6. The Hall–Kier alpha value is -5.12. The van der Waals surface area contributed by atoms with Crippen molar-refractivity contribution in [2.75, 3.05) is 13.1 Å². The molecule has 252 valence electrons. The van der Waals surface area contributed by atoms with Crippen LogP contribution in [-0.2, 0) is 45.4 Å². The lowest BCUT2D eigenvalue weighted by atomic mass is 9.55. The molecule has 10 nitrogen and oxygen atoms in total. The minimum absolute atomic E-state index is 0.215. The number of amides is 2. The van der Waals surface area contributed by atoms with E-state index in [1.807, 2.05) is 111 Å². The molecule has 0 atom stereocenters. The van der Waals surface area contributed by atoms with Crippen LogP contribution in [0, 0.1) is 23.7 Å². The predicted octanol–water partition coefficient (Wildman–Crippen LogP) is 5.21. The third kappa shape index (κ3) is 7.87. The van der Waals surface area contributed by atoms with Crippen molar-refractivity contribution in [1.29, 1.82) is 0 Å². The monoisotopic (exact) mass is 652 g/mol. The molecule has 0 bridgehead atoms. The Labute approximate surface area is 281 Å². The van der Waals surface area contributed by atoms with Crippen LogP contribution in [0.3, 0.4) is 0 Å². The maximum atomic E-state index is 14.0. The van der Waals surface area contributed by atoms with Crippen LogP contribution in [0.15, 0.2) is 97.6 Å². The van der Waals surface area contributed by atoms with Gasteiger partial charge in [0.15, 0.2) is 0 Å². The lowest BCUT2D eigenvalue weighted by Crippen LogP contribution is -2.64. The molecule has 4 aromatic rings. The molecule has 1 saturated carbocycles. The summed E-state index contributed by atoms with van der Waals surface area (Å²) < 4.78 is 4.11. The van der Waals surface area contributed by atoms with E-state index >= 15 is 0 Å². The van der Waals surface area contributed by atoms with E-state index < -0.39 is 47.4 Å². The minimum Gasteiger partial charge on any atom is -0.481 e. The summed E-state index contributed by atoms with van der Waals surface area (Å²) >= 11 is 0. The third-order valence-electron chi connectivity index (χ3n) is 9.15. The summed E-state index contributed by atoms with van der Waals surface area (Å²) in [6, 6.07) is 23.5. The van der Waals surface area contributed by atoms with Gasteiger partial charge in [0, 0.05) is 64.1 Å². The van der Waals surface area contributed by atoms with Gasteiger partial charge in [-0.1, -0.05) is 62.4 Å². The maximum absolute atomic E-state index is 14.0. The molecule has 1 aliphatic carbocycles. The van der Waals surface area contributed by atoms with Gasteiger partial charge < -0.3 is 29.1 Å². The van der Waals surface area contributed by atoms with Crippen molar-refractivity contribution >= 4 is 23.8 Å². The zero-order valence-corrected chi connectivity index (χ0v) is 27.5. The van der Waals surface area contributed by atoms with Gasteiger partial charge in [-0.15, -0.1) is 0 Å². The lowest BCUT2D eigenvalue weighted by molar-refractivity contribution is -0.187. The van der Waals surface area contributed by atoms with Gasteiger partial charge in [-0.2, -0.15) is 0 Å². The van der Waals surface area contributed by atoms with Crippen LogP contribution in [0.1, 0.15) is 48.9 Å². The first-order valence-electron chi connectivity index (χ1n) is 16.6. The van der Waals surface area contributed by atoms with Gasteiger partial charge in [-0.25, -0.2) is 0 Å². The van der Waals surface area contributed by atoms with Crippen molar-refractivity contribution < 1.29 is 29.4 Å². The number of carbonyl (C=O) groups excluding carboxylic acids is 2. The molecular weight excluding hydrogens is 608 g/mol. The molecule has 0 radical (unpaired) electrons. The average Bonchev–Trinajstić information content (AvgIpc) is 3.76. The highest BCUT2D eigenvalue weighted by atomic mass is 16.4. The van der Waals surface area contributed by atoms with Gasteiger partial charge in [-0.3, -0.25) is 19.2 Å². The fourth-order valence-corrected chi connectivity index (χ4v) is 6.79. The smallest absolute Gasteiger partial charge is 0.308 e. The molecule has 2 heterocycles. The van der Waals surface area contributed by atoms with E-state index in [9.17, 15) is 29.4 Å². The topological polar surface area (TPSA) is 125 Å². The van der Waals surface area contributed by atoms with Crippen molar-refractivity contribution in [3.63, 3.8) is 0 Å². The number of carbonyl (C=O) groups is 4. The van der Waals surface area contributed by atoms with E-state index in [4.69, 9.17) is 0 Å². The number of carboxylic acid groups (broad SMARTS) is 2. The summed E-state index contributed by atoms with van der Waals surface area (Å²) in [4.78, 5) is 56.4. The third-order valence-corrected chi connectivity index (χ3v) is 9.15. The fraction of sp³-hybridized carbons (Fsp3) is 0.368.